The molecule has 3 heteroatoms. The number of ether oxygens (including phenoxy) is 1. The molecule has 0 aromatic heterocycles. The first-order valence-corrected chi connectivity index (χ1v) is 6.02. The molecule has 0 radical (unpaired) electrons. The van der Waals surface area contributed by atoms with Gasteiger partial charge in [0.15, 0.2) is 0 Å². The molecule has 0 saturated carbocycles. The molecule has 0 aliphatic rings. The second kappa shape index (κ2) is 6.28. The Hall–Kier alpha value is -1.51. The molecule has 0 aliphatic carbocycles. The van der Waals surface area contributed by atoms with Gasteiger partial charge in [0.2, 0.25) is 0 Å². The third-order valence-corrected chi connectivity index (χ3v) is 2.68. The van der Waals surface area contributed by atoms with Crippen LogP contribution in [0.15, 0.2) is 18.2 Å². The maximum Gasteiger partial charge on any atom is 0.310 e. The summed E-state index contributed by atoms with van der Waals surface area (Å²) < 4.78 is 4.97. The summed E-state index contributed by atoms with van der Waals surface area (Å²) in [5.74, 6) is -0.278. The predicted molar refractivity (Wildman–Crippen MR) is 70.2 cm³/mol. The van der Waals surface area contributed by atoms with Gasteiger partial charge in [0.25, 0.3) is 0 Å². The summed E-state index contributed by atoms with van der Waals surface area (Å²) >= 11 is 0. The van der Waals surface area contributed by atoms with Crippen LogP contribution in [0.3, 0.4) is 0 Å². The molecule has 0 fully saturated rings. The summed E-state index contributed by atoms with van der Waals surface area (Å²) in [4.78, 5) is 11.5. The Labute approximate surface area is 103 Å². The van der Waals surface area contributed by atoms with Crippen molar-refractivity contribution in [2.75, 3.05) is 18.5 Å². The predicted octanol–water partition coefficient (Wildman–Crippen LogP) is 2.91. The molecule has 94 valence electrons. The zero-order valence-corrected chi connectivity index (χ0v) is 11.0. The van der Waals surface area contributed by atoms with E-state index in [2.05, 4.69) is 37.4 Å². The third kappa shape index (κ3) is 4.10. The van der Waals surface area contributed by atoms with E-state index in [0.717, 1.165) is 5.69 Å². The normalized spacial score (nSPS) is 12.0. The Morgan fingerprint density at radius 1 is 1.41 bits per heavy atom. The van der Waals surface area contributed by atoms with Crippen molar-refractivity contribution in [3.8, 4) is 0 Å². The Balaban J connectivity index is 2.55. The number of esters is 1. The van der Waals surface area contributed by atoms with E-state index in [9.17, 15) is 4.79 Å². The first kappa shape index (κ1) is 13.6. The highest BCUT2D eigenvalue weighted by molar-refractivity contribution is 5.72. The van der Waals surface area contributed by atoms with E-state index in [4.69, 9.17) is 4.74 Å². The number of anilines is 1. The number of rotatable bonds is 5. The van der Waals surface area contributed by atoms with Crippen molar-refractivity contribution < 1.29 is 9.53 Å². The molecule has 0 bridgehead atoms. The summed E-state index contributed by atoms with van der Waals surface area (Å²) in [5, 5.41) is 3.29. The highest BCUT2D eigenvalue weighted by Gasteiger charge is 2.13. The van der Waals surface area contributed by atoms with E-state index in [1.165, 1.54) is 11.1 Å². The van der Waals surface area contributed by atoms with Crippen molar-refractivity contribution in [3.63, 3.8) is 0 Å². The van der Waals surface area contributed by atoms with Gasteiger partial charge in [-0.1, -0.05) is 19.1 Å². The second-order valence-electron chi connectivity index (χ2n) is 4.35. The molecule has 0 heterocycles. The van der Waals surface area contributed by atoms with Crippen molar-refractivity contribution >= 4 is 11.7 Å². The molecule has 1 atom stereocenters. The third-order valence-electron chi connectivity index (χ3n) is 2.68. The number of hydrogen-bond acceptors (Lipinski definition) is 3. The van der Waals surface area contributed by atoms with Gasteiger partial charge in [0.1, 0.15) is 0 Å². The molecule has 1 rings (SSSR count). The summed E-state index contributed by atoms with van der Waals surface area (Å²) in [6.07, 6.45) is 0. The summed E-state index contributed by atoms with van der Waals surface area (Å²) in [7, 11) is 0. The number of hydrogen-bond donors (Lipinski definition) is 1. The SMILES string of the molecule is CCOC(=O)C(C)CNc1cc(C)ccc1C. The topological polar surface area (TPSA) is 38.3 Å². The maximum absolute atomic E-state index is 11.5. The Bertz CT molecular complexity index is 388. The van der Waals surface area contributed by atoms with Crippen molar-refractivity contribution in [1.29, 1.82) is 0 Å². The van der Waals surface area contributed by atoms with Crippen LogP contribution in [0.4, 0.5) is 5.69 Å². The molecular formula is C14H21NO2. The van der Waals surface area contributed by atoms with Gasteiger partial charge in [-0.25, -0.2) is 0 Å². The Morgan fingerprint density at radius 2 is 2.12 bits per heavy atom. The van der Waals surface area contributed by atoms with Gasteiger partial charge < -0.3 is 10.1 Å². The Morgan fingerprint density at radius 3 is 2.76 bits per heavy atom. The van der Waals surface area contributed by atoms with Crippen LogP contribution >= 0.6 is 0 Å². The van der Waals surface area contributed by atoms with Crippen LogP contribution in [-0.2, 0) is 9.53 Å². The quantitative estimate of drug-likeness (QED) is 0.797. The minimum absolute atomic E-state index is 0.130. The highest BCUT2D eigenvalue weighted by Crippen LogP contribution is 2.16. The lowest BCUT2D eigenvalue weighted by Gasteiger charge is -2.14. The zero-order chi connectivity index (χ0) is 12.8. The molecule has 1 aromatic rings. The number of carbonyl (C=O) groups is 1. The van der Waals surface area contributed by atoms with Gasteiger partial charge in [0.05, 0.1) is 12.5 Å². The van der Waals surface area contributed by atoms with Gasteiger partial charge in [-0.15, -0.1) is 0 Å². The number of aryl methyl sites for hydroxylation is 2. The lowest BCUT2D eigenvalue weighted by atomic mass is 10.1. The van der Waals surface area contributed by atoms with Crippen LogP contribution < -0.4 is 5.32 Å². The largest absolute Gasteiger partial charge is 0.466 e. The molecule has 0 aliphatic heterocycles. The van der Waals surface area contributed by atoms with E-state index < -0.39 is 0 Å². The average molecular weight is 235 g/mol. The average Bonchev–Trinajstić information content (AvgIpc) is 2.30. The van der Waals surface area contributed by atoms with Crippen LogP contribution in [0.2, 0.25) is 0 Å². The van der Waals surface area contributed by atoms with Gasteiger partial charge in [-0.3, -0.25) is 4.79 Å². The maximum atomic E-state index is 11.5. The molecule has 0 amide bonds. The number of carbonyl (C=O) groups excluding carboxylic acids is 1. The van der Waals surface area contributed by atoms with Gasteiger partial charge in [0, 0.05) is 12.2 Å². The van der Waals surface area contributed by atoms with Gasteiger partial charge in [-0.2, -0.15) is 0 Å². The number of benzene rings is 1. The van der Waals surface area contributed by atoms with E-state index in [1.54, 1.807) is 0 Å². The van der Waals surface area contributed by atoms with Crippen LogP contribution in [0.1, 0.15) is 25.0 Å². The first-order chi connectivity index (χ1) is 8.04. The molecule has 1 aromatic carbocycles. The van der Waals surface area contributed by atoms with E-state index in [1.807, 2.05) is 13.8 Å². The summed E-state index contributed by atoms with van der Waals surface area (Å²) in [6, 6.07) is 6.25. The minimum Gasteiger partial charge on any atom is -0.466 e. The summed E-state index contributed by atoms with van der Waals surface area (Å²) in [6.45, 7) is 8.84. The highest BCUT2D eigenvalue weighted by atomic mass is 16.5. The van der Waals surface area contributed by atoms with Crippen LogP contribution in [0, 0.1) is 19.8 Å². The van der Waals surface area contributed by atoms with Crippen LogP contribution in [0.5, 0.6) is 0 Å². The number of nitrogens with one attached hydrogen (secondary N) is 1. The van der Waals surface area contributed by atoms with E-state index >= 15 is 0 Å². The Kier molecular flexibility index (Phi) is 5.01. The monoisotopic (exact) mass is 235 g/mol. The second-order valence-corrected chi connectivity index (χ2v) is 4.35. The molecule has 0 spiro atoms. The fourth-order valence-electron chi connectivity index (χ4n) is 1.56. The molecule has 0 saturated heterocycles. The molecule has 17 heavy (non-hydrogen) atoms. The summed E-state index contributed by atoms with van der Waals surface area (Å²) in [5.41, 5.74) is 3.48. The van der Waals surface area contributed by atoms with Crippen molar-refractivity contribution in [2.24, 2.45) is 5.92 Å². The molecule has 1 N–H and O–H groups in total. The smallest absolute Gasteiger partial charge is 0.310 e. The minimum atomic E-state index is -0.148. The first-order valence-electron chi connectivity index (χ1n) is 6.02. The van der Waals surface area contributed by atoms with E-state index in [-0.39, 0.29) is 11.9 Å². The van der Waals surface area contributed by atoms with Crippen LogP contribution in [0.25, 0.3) is 0 Å². The molecular weight excluding hydrogens is 214 g/mol. The van der Waals surface area contributed by atoms with Crippen molar-refractivity contribution in [3.05, 3.63) is 29.3 Å². The fraction of sp³-hybridized carbons (Fsp3) is 0.500. The zero-order valence-electron chi connectivity index (χ0n) is 11.0. The van der Waals surface area contributed by atoms with Crippen molar-refractivity contribution in [2.45, 2.75) is 27.7 Å². The van der Waals surface area contributed by atoms with Crippen LogP contribution in [-0.4, -0.2) is 19.1 Å². The molecule has 3 nitrogen and oxygen atoms in total. The lowest BCUT2D eigenvalue weighted by Crippen LogP contribution is -2.22. The fourth-order valence-corrected chi connectivity index (χ4v) is 1.56. The van der Waals surface area contributed by atoms with Crippen molar-refractivity contribution in [1.82, 2.24) is 0 Å². The standard InChI is InChI=1S/C14H21NO2/c1-5-17-14(16)12(4)9-15-13-8-10(2)6-7-11(13)3/h6-8,12,15H,5,9H2,1-4H3. The molecule has 1 unspecified atom stereocenters. The lowest BCUT2D eigenvalue weighted by molar-refractivity contribution is -0.146. The van der Waals surface area contributed by atoms with Gasteiger partial charge in [-0.05, 0) is 38.0 Å². The van der Waals surface area contributed by atoms with E-state index in [0.29, 0.717) is 13.2 Å². The van der Waals surface area contributed by atoms with Gasteiger partial charge >= 0.3 is 5.97 Å².